The van der Waals surface area contributed by atoms with Crippen LogP contribution in [0.5, 0.6) is 0 Å². The van der Waals surface area contributed by atoms with Gasteiger partial charge >= 0.3 is 0 Å². The number of hydrogen-bond acceptors (Lipinski definition) is 1. The summed E-state index contributed by atoms with van der Waals surface area (Å²) in [5.74, 6) is -3.80. The van der Waals surface area contributed by atoms with E-state index < -0.39 is 30.7 Å². The quantitative estimate of drug-likeness (QED) is 0.797. The van der Waals surface area contributed by atoms with Crippen LogP contribution in [-0.2, 0) is 0 Å². The van der Waals surface area contributed by atoms with Crippen molar-refractivity contribution in [3.8, 4) is 0 Å². The maximum Gasteiger partial charge on any atom is 0.282 e. The van der Waals surface area contributed by atoms with Crippen molar-refractivity contribution in [2.75, 3.05) is 13.1 Å². The highest BCUT2D eigenvalue weighted by Crippen LogP contribution is 2.28. The number of rotatable bonds is 2. The van der Waals surface area contributed by atoms with Crippen molar-refractivity contribution >= 4 is 5.91 Å². The second-order valence-electron chi connectivity index (χ2n) is 4.91. The summed E-state index contributed by atoms with van der Waals surface area (Å²) in [6.45, 7) is 2.52. The van der Waals surface area contributed by atoms with Crippen molar-refractivity contribution in [1.82, 2.24) is 4.90 Å². The molecule has 5 heteroatoms. The van der Waals surface area contributed by atoms with Crippen LogP contribution < -0.4 is 0 Å². The Morgan fingerprint density at radius 1 is 1.33 bits per heavy atom. The lowest BCUT2D eigenvalue weighted by Crippen LogP contribution is -2.58. The summed E-state index contributed by atoms with van der Waals surface area (Å²) in [4.78, 5) is 12.8. The van der Waals surface area contributed by atoms with Gasteiger partial charge in [0, 0.05) is 5.56 Å². The van der Waals surface area contributed by atoms with Crippen molar-refractivity contribution in [3.63, 3.8) is 0 Å². The molecule has 1 aromatic rings. The van der Waals surface area contributed by atoms with E-state index in [9.17, 15) is 18.0 Å². The zero-order chi connectivity index (χ0) is 13.5. The third kappa shape index (κ3) is 2.35. The Morgan fingerprint density at radius 2 is 1.94 bits per heavy atom. The third-order valence-corrected chi connectivity index (χ3v) is 3.00. The van der Waals surface area contributed by atoms with Gasteiger partial charge in [-0.2, -0.15) is 0 Å². The normalized spacial score (nSPS) is 17.8. The fourth-order valence-electron chi connectivity index (χ4n) is 1.97. The average molecular weight is 257 g/mol. The first-order valence-corrected chi connectivity index (χ1v) is 5.77. The molecule has 0 N–H and O–H groups in total. The molecule has 1 saturated heterocycles. The van der Waals surface area contributed by atoms with Crippen molar-refractivity contribution in [2.45, 2.75) is 25.7 Å². The minimum absolute atomic E-state index is 0.0162. The molecule has 0 unspecified atom stereocenters. The van der Waals surface area contributed by atoms with Crippen LogP contribution in [0, 0.1) is 5.82 Å². The molecule has 1 heterocycles. The summed E-state index contributed by atoms with van der Waals surface area (Å²) in [6, 6.07) is 4.14. The lowest BCUT2D eigenvalue weighted by atomic mass is 10.00. The first kappa shape index (κ1) is 12.9. The Kier molecular flexibility index (Phi) is 3.09. The average Bonchev–Trinajstić information content (AvgIpc) is 2.24. The number of carbonyl (C=O) groups is 1. The Morgan fingerprint density at radius 3 is 2.39 bits per heavy atom. The smallest absolute Gasteiger partial charge is 0.282 e. The summed E-state index contributed by atoms with van der Waals surface area (Å²) in [5, 5.41) is 0. The highest BCUT2D eigenvalue weighted by molar-refractivity contribution is 5.95. The number of likely N-dealkylation sites (tertiary alicyclic amines) is 1. The molecule has 0 aromatic heterocycles. The molecule has 1 aliphatic heterocycles. The molecule has 0 bridgehead atoms. The van der Waals surface area contributed by atoms with Crippen LogP contribution in [-0.4, -0.2) is 29.8 Å². The minimum atomic E-state index is -2.80. The number of amides is 1. The van der Waals surface area contributed by atoms with E-state index in [1.807, 2.05) is 13.8 Å². The van der Waals surface area contributed by atoms with E-state index in [2.05, 4.69) is 0 Å². The standard InChI is InChI=1S/C13H14F3NO/c1-8(2)10-4-3-9(5-11(10)14)12(18)17-6-13(15,16)7-17/h3-5,8H,6-7H2,1-2H3. The Labute approximate surface area is 103 Å². The van der Waals surface area contributed by atoms with Crippen molar-refractivity contribution in [2.24, 2.45) is 0 Å². The van der Waals surface area contributed by atoms with Crippen LogP contribution >= 0.6 is 0 Å². The highest BCUT2D eigenvalue weighted by atomic mass is 19.3. The number of halogens is 3. The van der Waals surface area contributed by atoms with Gasteiger partial charge in [0.25, 0.3) is 11.8 Å². The fraction of sp³-hybridized carbons (Fsp3) is 0.462. The van der Waals surface area contributed by atoms with Crippen molar-refractivity contribution in [3.05, 3.63) is 35.1 Å². The predicted octanol–water partition coefficient (Wildman–Crippen LogP) is 3.04. The summed E-state index contributed by atoms with van der Waals surface area (Å²) in [6.07, 6.45) is 0. The molecular weight excluding hydrogens is 243 g/mol. The molecule has 1 aliphatic rings. The van der Waals surface area contributed by atoms with Crippen LogP contribution in [0.15, 0.2) is 18.2 Å². The van der Waals surface area contributed by atoms with Crippen molar-refractivity contribution < 1.29 is 18.0 Å². The number of carbonyl (C=O) groups excluding carboxylic acids is 1. The lowest BCUT2D eigenvalue weighted by molar-refractivity contribution is -0.113. The van der Waals surface area contributed by atoms with Gasteiger partial charge in [-0.25, -0.2) is 13.2 Å². The number of nitrogens with zero attached hydrogens (tertiary/aromatic N) is 1. The number of benzene rings is 1. The monoisotopic (exact) mass is 257 g/mol. The second-order valence-corrected chi connectivity index (χ2v) is 4.91. The summed E-state index contributed by atoms with van der Waals surface area (Å²) in [5.41, 5.74) is 0.632. The number of alkyl halides is 2. The molecule has 0 atom stereocenters. The Hall–Kier alpha value is -1.52. The molecule has 0 saturated carbocycles. The zero-order valence-corrected chi connectivity index (χ0v) is 10.2. The number of hydrogen-bond donors (Lipinski definition) is 0. The van der Waals surface area contributed by atoms with Crippen LogP contribution in [0.1, 0.15) is 35.7 Å². The third-order valence-electron chi connectivity index (χ3n) is 3.00. The van der Waals surface area contributed by atoms with E-state index in [1.165, 1.54) is 12.1 Å². The molecule has 98 valence electrons. The van der Waals surface area contributed by atoms with Crippen molar-refractivity contribution in [1.29, 1.82) is 0 Å². The van der Waals surface area contributed by atoms with Crippen LogP contribution in [0.2, 0.25) is 0 Å². The van der Waals surface area contributed by atoms with Crippen LogP contribution in [0.3, 0.4) is 0 Å². The van der Waals surface area contributed by atoms with Gasteiger partial charge in [0.2, 0.25) is 0 Å². The molecule has 1 fully saturated rings. The summed E-state index contributed by atoms with van der Waals surface area (Å²) >= 11 is 0. The van der Waals surface area contributed by atoms with Crippen LogP contribution in [0.4, 0.5) is 13.2 Å². The zero-order valence-electron chi connectivity index (χ0n) is 10.2. The van der Waals surface area contributed by atoms with Gasteiger partial charge in [-0.15, -0.1) is 0 Å². The summed E-state index contributed by atoms with van der Waals surface area (Å²) < 4.78 is 39.0. The van der Waals surface area contributed by atoms with E-state index in [4.69, 9.17) is 0 Å². The summed E-state index contributed by atoms with van der Waals surface area (Å²) in [7, 11) is 0. The predicted molar refractivity (Wildman–Crippen MR) is 61.3 cm³/mol. The molecule has 1 amide bonds. The first-order valence-electron chi connectivity index (χ1n) is 5.77. The molecule has 18 heavy (non-hydrogen) atoms. The Bertz CT molecular complexity index is 477. The van der Waals surface area contributed by atoms with Gasteiger partial charge < -0.3 is 4.90 Å². The Balaban J connectivity index is 2.15. The molecular formula is C13H14F3NO. The topological polar surface area (TPSA) is 20.3 Å². The van der Waals surface area contributed by atoms with Gasteiger partial charge in [-0.05, 0) is 23.6 Å². The highest BCUT2D eigenvalue weighted by Gasteiger charge is 2.46. The molecule has 0 radical (unpaired) electrons. The van der Waals surface area contributed by atoms with Gasteiger partial charge in [0.1, 0.15) is 5.82 Å². The second kappa shape index (κ2) is 4.30. The van der Waals surface area contributed by atoms with E-state index in [0.29, 0.717) is 5.56 Å². The largest absolute Gasteiger partial charge is 0.326 e. The first-order chi connectivity index (χ1) is 8.30. The SMILES string of the molecule is CC(C)c1ccc(C(=O)N2CC(F)(F)C2)cc1F. The molecule has 2 rings (SSSR count). The van der Waals surface area contributed by atoms with E-state index in [1.54, 1.807) is 0 Å². The van der Waals surface area contributed by atoms with Gasteiger partial charge in [-0.3, -0.25) is 4.79 Å². The minimum Gasteiger partial charge on any atom is -0.326 e. The van der Waals surface area contributed by atoms with Gasteiger partial charge in [0.05, 0.1) is 13.1 Å². The maximum atomic E-state index is 13.7. The van der Waals surface area contributed by atoms with Gasteiger partial charge in [-0.1, -0.05) is 19.9 Å². The molecule has 2 nitrogen and oxygen atoms in total. The fourth-order valence-corrected chi connectivity index (χ4v) is 1.97. The molecule has 0 aliphatic carbocycles. The molecule has 0 spiro atoms. The van der Waals surface area contributed by atoms with Crippen LogP contribution in [0.25, 0.3) is 0 Å². The van der Waals surface area contributed by atoms with E-state index >= 15 is 0 Å². The van der Waals surface area contributed by atoms with E-state index in [-0.39, 0.29) is 11.5 Å². The maximum absolute atomic E-state index is 13.7. The molecule has 1 aromatic carbocycles. The van der Waals surface area contributed by atoms with Gasteiger partial charge in [0.15, 0.2) is 0 Å². The van der Waals surface area contributed by atoms with E-state index in [0.717, 1.165) is 11.0 Å². The lowest BCUT2D eigenvalue weighted by Gasteiger charge is -2.38.